The van der Waals surface area contributed by atoms with Gasteiger partial charge in [-0.15, -0.1) is 0 Å². The molecule has 2 nitrogen and oxygen atoms in total. The maximum Gasteiger partial charge on any atom is 0.0591 e. The number of nitrogens with one attached hydrogen (secondary N) is 1. The molecule has 14 heavy (non-hydrogen) atoms. The van der Waals surface area contributed by atoms with E-state index in [4.69, 9.17) is 4.74 Å². The zero-order chi connectivity index (χ0) is 10.4. The molecule has 1 saturated carbocycles. The minimum atomic E-state index is 0.653. The van der Waals surface area contributed by atoms with Crippen molar-refractivity contribution in [1.29, 1.82) is 0 Å². The summed E-state index contributed by atoms with van der Waals surface area (Å²) in [7, 11) is 0. The van der Waals surface area contributed by atoms with Crippen molar-refractivity contribution in [3.05, 3.63) is 0 Å². The van der Waals surface area contributed by atoms with Crippen molar-refractivity contribution < 1.29 is 4.74 Å². The van der Waals surface area contributed by atoms with Crippen molar-refractivity contribution in [3.63, 3.8) is 0 Å². The molecule has 0 aliphatic heterocycles. The quantitative estimate of drug-likeness (QED) is 0.663. The van der Waals surface area contributed by atoms with E-state index < -0.39 is 0 Å². The first-order valence-corrected chi connectivity index (χ1v) is 6.01. The third-order valence-electron chi connectivity index (χ3n) is 2.97. The Morgan fingerprint density at radius 1 is 1.36 bits per heavy atom. The maximum atomic E-state index is 5.53. The molecule has 0 spiro atoms. The van der Waals surface area contributed by atoms with Crippen LogP contribution in [0, 0.1) is 11.8 Å². The molecule has 0 aromatic carbocycles. The molecule has 84 valence electrons. The lowest BCUT2D eigenvalue weighted by atomic mass is 10.1. The van der Waals surface area contributed by atoms with Crippen LogP contribution in [0.5, 0.6) is 0 Å². The van der Waals surface area contributed by atoms with Crippen LogP contribution in [-0.2, 0) is 4.74 Å². The Bertz CT molecular complexity index is 147. The smallest absolute Gasteiger partial charge is 0.0591 e. The number of hydrogen-bond donors (Lipinski definition) is 1. The van der Waals surface area contributed by atoms with Gasteiger partial charge in [0.05, 0.1) is 6.61 Å². The van der Waals surface area contributed by atoms with Gasteiger partial charge in [0.25, 0.3) is 0 Å². The summed E-state index contributed by atoms with van der Waals surface area (Å²) in [4.78, 5) is 0. The highest BCUT2D eigenvalue weighted by atomic mass is 16.5. The van der Waals surface area contributed by atoms with Crippen LogP contribution >= 0.6 is 0 Å². The predicted molar refractivity (Wildman–Crippen MR) is 60.5 cm³/mol. The van der Waals surface area contributed by atoms with E-state index in [1.807, 2.05) is 0 Å². The van der Waals surface area contributed by atoms with Gasteiger partial charge in [0.2, 0.25) is 0 Å². The fraction of sp³-hybridized carbons (Fsp3) is 1.00. The van der Waals surface area contributed by atoms with Gasteiger partial charge in [-0.3, -0.25) is 0 Å². The van der Waals surface area contributed by atoms with Crippen molar-refractivity contribution >= 4 is 0 Å². The molecule has 0 aromatic heterocycles. The summed E-state index contributed by atoms with van der Waals surface area (Å²) in [6, 6.07) is 0.748. The van der Waals surface area contributed by atoms with Crippen molar-refractivity contribution in [2.45, 2.75) is 46.1 Å². The van der Waals surface area contributed by atoms with Crippen LogP contribution in [0.25, 0.3) is 0 Å². The van der Waals surface area contributed by atoms with Crippen LogP contribution in [0.15, 0.2) is 0 Å². The van der Waals surface area contributed by atoms with Gasteiger partial charge >= 0.3 is 0 Å². The van der Waals surface area contributed by atoms with Crippen LogP contribution < -0.4 is 5.32 Å². The third-order valence-corrected chi connectivity index (χ3v) is 2.97. The fourth-order valence-electron chi connectivity index (χ4n) is 2.08. The fourth-order valence-corrected chi connectivity index (χ4v) is 2.08. The van der Waals surface area contributed by atoms with Gasteiger partial charge < -0.3 is 10.1 Å². The number of ether oxygens (including phenoxy) is 1. The van der Waals surface area contributed by atoms with Gasteiger partial charge in [-0.2, -0.15) is 0 Å². The minimum absolute atomic E-state index is 0.653. The first-order chi connectivity index (χ1) is 6.70. The van der Waals surface area contributed by atoms with Crippen LogP contribution in [0.2, 0.25) is 0 Å². The first kappa shape index (κ1) is 12.0. The maximum absolute atomic E-state index is 5.53. The third kappa shape index (κ3) is 4.43. The number of rotatable bonds is 6. The monoisotopic (exact) mass is 199 g/mol. The summed E-state index contributed by atoms with van der Waals surface area (Å²) >= 11 is 0. The van der Waals surface area contributed by atoms with Gasteiger partial charge in [0, 0.05) is 19.2 Å². The van der Waals surface area contributed by atoms with Crippen LogP contribution in [0.4, 0.5) is 0 Å². The Hall–Kier alpha value is -0.0800. The van der Waals surface area contributed by atoms with Crippen LogP contribution in [0.1, 0.15) is 40.0 Å². The molecule has 2 unspecified atom stereocenters. The molecule has 2 atom stereocenters. The zero-order valence-electron chi connectivity index (χ0n) is 9.88. The highest BCUT2D eigenvalue weighted by Gasteiger charge is 2.21. The largest absolute Gasteiger partial charge is 0.380 e. The van der Waals surface area contributed by atoms with Crippen molar-refractivity contribution in [3.8, 4) is 0 Å². The van der Waals surface area contributed by atoms with Gasteiger partial charge in [-0.05, 0) is 24.7 Å². The van der Waals surface area contributed by atoms with Gasteiger partial charge in [0.15, 0.2) is 0 Å². The summed E-state index contributed by atoms with van der Waals surface area (Å²) in [5.41, 5.74) is 0. The van der Waals surface area contributed by atoms with E-state index in [1.165, 1.54) is 19.3 Å². The SMILES string of the molecule is CC(C)COCCNC1CCCC1C. The molecule has 0 amide bonds. The van der Waals surface area contributed by atoms with E-state index in [0.29, 0.717) is 5.92 Å². The molecule has 1 fully saturated rings. The lowest BCUT2D eigenvalue weighted by Crippen LogP contribution is -2.33. The molecule has 1 N–H and O–H groups in total. The first-order valence-electron chi connectivity index (χ1n) is 6.01. The summed E-state index contributed by atoms with van der Waals surface area (Å²) in [5.74, 6) is 1.51. The molecule has 0 heterocycles. The molecular formula is C12H25NO. The Balaban J connectivity index is 1.93. The Kier molecular flexibility index (Phi) is 5.49. The molecule has 0 saturated heterocycles. The second-order valence-corrected chi connectivity index (χ2v) is 4.94. The summed E-state index contributed by atoms with van der Waals surface area (Å²) in [6.07, 6.45) is 4.14. The molecular weight excluding hydrogens is 174 g/mol. The molecule has 0 aromatic rings. The van der Waals surface area contributed by atoms with Crippen LogP contribution in [0.3, 0.4) is 0 Å². The second-order valence-electron chi connectivity index (χ2n) is 4.94. The number of hydrogen-bond acceptors (Lipinski definition) is 2. The van der Waals surface area contributed by atoms with Gasteiger partial charge in [-0.25, -0.2) is 0 Å². The van der Waals surface area contributed by atoms with E-state index in [1.54, 1.807) is 0 Å². The normalized spacial score (nSPS) is 27.4. The highest BCUT2D eigenvalue weighted by Crippen LogP contribution is 2.24. The summed E-state index contributed by atoms with van der Waals surface area (Å²) in [5, 5.41) is 3.58. The average Bonchev–Trinajstić information content (AvgIpc) is 2.51. The minimum Gasteiger partial charge on any atom is -0.380 e. The lowest BCUT2D eigenvalue weighted by molar-refractivity contribution is 0.109. The molecule has 1 aliphatic carbocycles. The van der Waals surface area contributed by atoms with Crippen molar-refractivity contribution in [2.75, 3.05) is 19.8 Å². The molecule has 1 aliphatic rings. The van der Waals surface area contributed by atoms with E-state index in [0.717, 1.165) is 31.7 Å². The molecule has 0 bridgehead atoms. The average molecular weight is 199 g/mol. The predicted octanol–water partition coefficient (Wildman–Crippen LogP) is 2.44. The second kappa shape index (κ2) is 6.41. The van der Waals surface area contributed by atoms with E-state index in [2.05, 4.69) is 26.1 Å². The van der Waals surface area contributed by atoms with Crippen molar-refractivity contribution in [2.24, 2.45) is 11.8 Å². The Labute approximate surface area is 88.4 Å². The van der Waals surface area contributed by atoms with Gasteiger partial charge in [-0.1, -0.05) is 27.2 Å². The molecule has 0 radical (unpaired) electrons. The topological polar surface area (TPSA) is 21.3 Å². The zero-order valence-corrected chi connectivity index (χ0v) is 9.88. The Morgan fingerprint density at radius 3 is 2.71 bits per heavy atom. The van der Waals surface area contributed by atoms with E-state index >= 15 is 0 Å². The van der Waals surface area contributed by atoms with E-state index in [9.17, 15) is 0 Å². The van der Waals surface area contributed by atoms with Crippen molar-refractivity contribution in [1.82, 2.24) is 5.32 Å². The van der Waals surface area contributed by atoms with E-state index in [-0.39, 0.29) is 0 Å². The standard InChI is InChI=1S/C12H25NO/c1-10(2)9-14-8-7-13-12-6-4-5-11(12)3/h10-13H,4-9H2,1-3H3. The van der Waals surface area contributed by atoms with Gasteiger partial charge in [0.1, 0.15) is 0 Å². The lowest BCUT2D eigenvalue weighted by Gasteiger charge is -2.17. The summed E-state index contributed by atoms with van der Waals surface area (Å²) in [6.45, 7) is 9.49. The molecule has 2 heteroatoms. The van der Waals surface area contributed by atoms with Crippen LogP contribution in [-0.4, -0.2) is 25.8 Å². The Morgan fingerprint density at radius 2 is 2.14 bits per heavy atom. The summed E-state index contributed by atoms with van der Waals surface area (Å²) < 4.78 is 5.53. The molecule has 1 rings (SSSR count). The highest BCUT2D eigenvalue weighted by molar-refractivity contribution is 4.79.